The van der Waals surface area contributed by atoms with E-state index >= 15 is 0 Å². The minimum absolute atomic E-state index is 0.414. The van der Waals surface area contributed by atoms with Crippen LogP contribution in [0.4, 0.5) is 22.7 Å². The van der Waals surface area contributed by atoms with Gasteiger partial charge in [-0.2, -0.15) is 10.2 Å². The fourth-order valence-corrected chi connectivity index (χ4v) is 7.22. The first-order chi connectivity index (χ1) is 24.7. The van der Waals surface area contributed by atoms with Crippen LogP contribution >= 0.6 is 15.9 Å². The van der Waals surface area contributed by atoms with E-state index in [1.54, 1.807) is 27.5 Å². The summed E-state index contributed by atoms with van der Waals surface area (Å²) in [6.45, 7) is 4.19. The van der Waals surface area contributed by atoms with Crippen molar-refractivity contribution in [2.75, 3.05) is 89.9 Å². The number of ether oxygens (including phenoxy) is 2. The lowest BCUT2D eigenvalue weighted by Crippen LogP contribution is -2.42. The molecule has 0 saturated carbocycles. The first kappa shape index (κ1) is 40.8. The van der Waals surface area contributed by atoms with Gasteiger partial charge in [-0.05, 0) is 81.9 Å². The Kier molecular flexibility index (Phi) is 14.7. The Morgan fingerprint density at radius 2 is 1.19 bits per heavy atom. The predicted octanol–water partition coefficient (Wildman–Crippen LogP) is 2.88. The molecule has 52 heavy (non-hydrogen) atoms. The Hall–Kier alpha value is -3.96. The average molecular weight is 784 g/mol. The fourth-order valence-electron chi connectivity index (χ4n) is 6.61. The number of benzene rings is 2. The average Bonchev–Trinajstić information content (AvgIpc) is 3.77. The lowest BCUT2D eigenvalue weighted by Gasteiger charge is -2.37. The van der Waals surface area contributed by atoms with Crippen molar-refractivity contribution in [2.45, 2.75) is 37.8 Å². The van der Waals surface area contributed by atoms with Gasteiger partial charge in [-0.3, -0.25) is 9.36 Å². The molecule has 4 heterocycles. The quantitative estimate of drug-likeness (QED) is 0.153. The number of methoxy groups -OCH3 is 2. The van der Waals surface area contributed by atoms with Crippen LogP contribution in [0.15, 0.2) is 53.5 Å². The molecule has 0 unspecified atom stereocenters. The third-order valence-electron chi connectivity index (χ3n) is 9.76. The van der Waals surface area contributed by atoms with Gasteiger partial charge in [0.05, 0.1) is 37.5 Å². The van der Waals surface area contributed by atoms with Crippen LogP contribution in [-0.4, -0.2) is 127 Å². The maximum absolute atomic E-state index is 8.54. The van der Waals surface area contributed by atoms with Gasteiger partial charge in [-0.25, -0.2) is 0 Å². The van der Waals surface area contributed by atoms with Crippen molar-refractivity contribution in [1.29, 1.82) is 0 Å². The molecule has 284 valence electrons. The van der Waals surface area contributed by atoms with E-state index in [1.807, 2.05) is 42.3 Å². The fraction of sp³-hybridized carbons (Fsp3) is 0.500. The Morgan fingerprint density at radius 1 is 0.731 bits per heavy atom. The third kappa shape index (κ3) is 10.6. The summed E-state index contributed by atoms with van der Waals surface area (Å²) in [5, 5.41) is 25.1. The highest BCUT2D eigenvalue weighted by Gasteiger charge is 2.25. The molecule has 0 radical (unpaired) electrons. The normalized spacial score (nSPS) is 15.2. The number of aryl methyl sites for hydroxylation is 2. The van der Waals surface area contributed by atoms with Crippen molar-refractivity contribution in [3.8, 4) is 22.6 Å². The maximum Gasteiger partial charge on any atom is 0.491 e. The topological polar surface area (TPSA) is 160 Å². The van der Waals surface area contributed by atoms with E-state index in [-0.39, 0.29) is 0 Å². The first-order valence-corrected chi connectivity index (χ1v) is 18.3. The molecule has 6 N–H and O–H groups in total. The number of nitrogens with zero attached hydrogens (tertiary/aromatic N) is 8. The second kappa shape index (κ2) is 18.7. The van der Waals surface area contributed by atoms with Gasteiger partial charge in [-0.15, -0.1) is 0 Å². The highest BCUT2D eigenvalue weighted by molar-refractivity contribution is 9.10. The molecule has 2 fully saturated rings. The second-order valence-corrected chi connectivity index (χ2v) is 14.6. The minimum Gasteiger partial charge on any atom is -0.495 e. The van der Waals surface area contributed by atoms with Gasteiger partial charge in [-0.1, -0.05) is 0 Å². The molecule has 0 bridgehead atoms. The number of anilines is 4. The van der Waals surface area contributed by atoms with Crippen LogP contribution in [-0.2, 0) is 14.1 Å². The van der Waals surface area contributed by atoms with E-state index in [4.69, 9.17) is 31.0 Å². The number of piperidine rings is 2. The summed E-state index contributed by atoms with van der Waals surface area (Å²) in [5.41, 5.74) is 18.3. The molecule has 2 saturated heterocycles. The second-order valence-electron chi connectivity index (χ2n) is 13.7. The molecule has 14 nitrogen and oxygen atoms in total. The smallest absolute Gasteiger partial charge is 0.491 e. The maximum atomic E-state index is 8.54. The molecule has 2 aliphatic heterocycles. The lowest BCUT2D eigenvalue weighted by molar-refractivity contribution is 0.249. The van der Waals surface area contributed by atoms with Crippen molar-refractivity contribution in [3.63, 3.8) is 0 Å². The van der Waals surface area contributed by atoms with Crippen LogP contribution in [0.3, 0.4) is 0 Å². The third-order valence-corrected chi connectivity index (χ3v) is 10.4. The number of nitrogen functional groups attached to an aromatic ring is 2. The molecule has 0 atom stereocenters. The van der Waals surface area contributed by atoms with Crippen molar-refractivity contribution in [2.24, 2.45) is 14.1 Å². The zero-order valence-corrected chi connectivity index (χ0v) is 33.4. The monoisotopic (exact) mass is 782 g/mol. The number of aromatic nitrogens is 4. The summed E-state index contributed by atoms with van der Waals surface area (Å²) in [6.07, 6.45) is 11.6. The Balaban J connectivity index is 0.000000192. The van der Waals surface area contributed by atoms with E-state index in [1.165, 1.54) is 35.1 Å². The van der Waals surface area contributed by atoms with Crippen molar-refractivity contribution < 1.29 is 19.5 Å². The molecule has 0 spiro atoms. The van der Waals surface area contributed by atoms with Crippen molar-refractivity contribution in [1.82, 2.24) is 29.4 Å². The number of hydrogen-bond donors (Lipinski definition) is 4. The summed E-state index contributed by atoms with van der Waals surface area (Å²) in [4.78, 5) is 9.47. The predicted molar refractivity (Wildman–Crippen MR) is 216 cm³/mol. The molecule has 4 aromatic rings. The number of rotatable bonds is 8. The van der Waals surface area contributed by atoms with Crippen LogP contribution < -0.4 is 36.2 Å². The van der Waals surface area contributed by atoms with E-state index in [0.717, 1.165) is 66.1 Å². The van der Waals surface area contributed by atoms with Crippen LogP contribution in [0.25, 0.3) is 11.1 Å². The van der Waals surface area contributed by atoms with Gasteiger partial charge >= 0.3 is 7.12 Å². The van der Waals surface area contributed by atoms with Gasteiger partial charge in [0.25, 0.3) is 0 Å². The van der Waals surface area contributed by atoms with Gasteiger partial charge < -0.3 is 50.6 Å². The van der Waals surface area contributed by atoms with Gasteiger partial charge in [0.1, 0.15) is 11.5 Å². The van der Waals surface area contributed by atoms with E-state index in [2.05, 4.69) is 80.0 Å². The minimum atomic E-state index is -1.40. The molecule has 0 amide bonds. The highest BCUT2D eigenvalue weighted by atomic mass is 79.9. The number of hydrogen-bond acceptors (Lipinski definition) is 12. The standard InChI is InChI=1S/C18H27N5O.C14H22BrN3O.C4H7BN2O2/c1-21(2)14-5-7-23(8-6-14)17-10-18(24-4)16(19)9-15(17)13-11-20-22(3)12-13;1-17(2)10-4-6-18(7-5-10)13-9-14(19-3)12(16)8-11(13)15;1-7-3-4(2-6-7)5(8)9/h9-12,14H,5-8,19H2,1-4H3;8-10H,4-7,16H2,1-3H3;2-3,8-9H,1H3. The van der Waals surface area contributed by atoms with E-state index < -0.39 is 7.12 Å². The largest absolute Gasteiger partial charge is 0.495 e. The number of nitrogens with two attached hydrogens (primary N) is 2. The van der Waals surface area contributed by atoms with Gasteiger partial charge in [0, 0.05) is 110 Å². The molecule has 2 aromatic heterocycles. The van der Waals surface area contributed by atoms with E-state index in [9.17, 15) is 0 Å². The molecular weight excluding hydrogens is 727 g/mol. The summed E-state index contributed by atoms with van der Waals surface area (Å²) < 4.78 is 15.1. The van der Waals surface area contributed by atoms with Gasteiger partial charge in [0.2, 0.25) is 0 Å². The Morgan fingerprint density at radius 3 is 1.60 bits per heavy atom. The van der Waals surface area contributed by atoms with Gasteiger partial charge in [0.15, 0.2) is 0 Å². The van der Waals surface area contributed by atoms with Crippen molar-refractivity contribution in [3.05, 3.63) is 53.5 Å². The van der Waals surface area contributed by atoms with Crippen LogP contribution in [0.2, 0.25) is 0 Å². The first-order valence-electron chi connectivity index (χ1n) is 17.5. The molecule has 16 heteroatoms. The summed E-state index contributed by atoms with van der Waals surface area (Å²) in [6, 6.07) is 9.35. The van der Waals surface area contributed by atoms with Crippen LogP contribution in [0.5, 0.6) is 11.5 Å². The summed E-state index contributed by atoms with van der Waals surface area (Å²) in [5.74, 6) is 1.47. The van der Waals surface area contributed by atoms with Crippen LogP contribution in [0.1, 0.15) is 25.7 Å². The molecular formula is C36H56BBrN10O4. The SMILES string of the molecule is COc1cc(N2CCC(N(C)C)CC2)c(-c2cnn(C)c2)cc1N.COc1cc(N2CCC(N(C)C)CC2)c(Br)cc1N.Cn1cc(B(O)O)cn1. The van der Waals surface area contributed by atoms with E-state index in [0.29, 0.717) is 28.9 Å². The molecule has 2 aliphatic rings. The zero-order valence-electron chi connectivity index (χ0n) is 31.8. The highest BCUT2D eigenvalue weighted by Crippen LogP contribution is 2.39. The summed E-state index contributed by atoms with van der Waals surface area (Å²) >= 11 is 3.60. The summed E-state index contributed by atoms with van der Waals surface area (Å²) in [7, 11) is 14.2. The zero-order chi connectivity index (χ0) is 38.1. The van der Waals surface area contributed by atoms with Crippen molar-refractivity contribution >= 4 is 51.3 Å². The Labute approximate surface area is 317 Å². The molecule has 6 rings (SSSR count). The Bertz CT molecular complexity index is 1720. The lowest BCUT2D eigenvalue weighted by atomic mass is 9.83. The van der Waals surface area contributed by atoms with Crippen LogP contribution in [0, 0.1) is 0 Å². The molecule has 0 aliphatic carbocycles. The number of halogens is 1. The molecule has 2 aromatic carbocycles.